The van der Waals surface area contributed by atoms with E-state index in [1.165, 1.54) is 18.2 Å². The van der Waals surface area contributed by atoms with Crippen LogP contribution >= 0.6 is 0 Å². The fraction of sp³-hybridized carbons (Fsp3) is 0.100. The summed E-state index contributed by atoms with van der Waals surface area (Å²) in [5.74, 6) is -2.96. The molecule has 0 aliphatic rings. The molecule has 14 heavy (non-hydrogen) atoms. The van der Waals surface area contributed by atoms with E-state index in [1.54, 1.807) is 0 Å². The van der Waals surface area contributed by atoms with Gasteiger partial charge in [0.1, 0.15) is 0 Å². The van der Waals surface area contributed by atoms with Gasteiger partial charge in [-0.15, -0.1) is 0 Å². The molecule has 0 saturated heterocycles. The number of rotatable bonds is 3. The highest BCUT2D eigenvalue weighted by Gasteiger charge is 2.05. The van der Waals surface area contributed by atoms with Gasteiger partial charge in [0.25, 0.3) is 0 Å². The van der Waals surface area contributed by atoms with Crippen molar-refractivity contribution in [2.45, 2.75) is 6.42 Å². The van der Waals surface area contributed by atoms with Crippen LogP contribution in [0.3, 0.4) is 0 Å². The van der Waals surface area contributed by atoms with Crippen molar-refractivity contribution in [3.05, 3.63) is 47.5 Å². The van der Waals surface area contributed by atoms with Crippen molar-refractivity contribution < 1.29 is 18.7 Å². The summed E-state index contributed by atoms with van der Waals surface area (Å²) < 4.78 is 25.6. The van der Waals surface area contributed by atoms with Crippen LogP contribution in [0.2, 0.25) is 0 Å². The van der Waals surface area contributed by atoms with Gasteiger partial charge in [-0.2, -0.15) is 0 Å². The van der Waals surface area contributed by atoms with Gasteiger partial charge in [-0.3, -0.25) is 0 Å². The Bertz CT molecular complexity index is 372. The first kappa shape index (κ1) is 10.4. The maximum atomic E-state index is 13.0. The quantitative estimate of drug-likeness (QED) is 0.755. The number of carboxylic acid groups (broad SMARTS) is 1. The maximum absolute atomic E-state index is 13.0. The average Bonchev–Trinajstić information content (AvgIpc) is 2.12. The minimum atomic E-state index is -1.11. The molecule has 0 amide bonds. The normalized spacial score (nSPS) is 10.7. The maximum Gasteiger partial charge on any atom is 0.327 e. The van der Waals surface area contributed by atoms with Crippen molar-refractivity contribution in [1.29, 1.82) is 0 Å². The summed E-state index contributed by atoms with van der Waals surface area (Å²) in [6, 6.07) is 3.80. The number of aliphatic carboxylic acids is 1. The Kier molecular flexibility index (Phi) is 3.34. The van der Waals surface area contributed by atoms with Gasteiger partial charge in [0.15, 0.2) is 11.6 Å². The number of allylic oxidation sites excluding steroid dienone is 1. The van der Waals surface area contributed by atoms with Crippen molar-refractivity contribution in [3.63, 3.8) is 0 Å². The number of carbonyl (C=O) groups is 1. The number of hydrogen-bond acceptors (Lipinski definition) is 1. The van der Waals surface area contributed by atoms with Gasteiger partial charge in [-0.25, -0.2) is 13.6 Å². The summed E-state index contributed by atoms with van der Waals surface area (Å²) in [6.45, 7) is 0. The van der Waals surface area contributed by atoms with Crippen LogP contribution in [0, 0.1) is 11.6 Å². The molecule has 1 N–H and O–H groups in total. The average molecular weight is 198 g/mol. The molecule has 1 aromatic rings. The lowest BCUT2D eigenvalue weighted by Gasteiger charge is -1.98. The van der Waals surface area contributed by atoms with E-state index in [0.29, 0.717) is 0 Å². The largest absolute Gasteiger partial charge is 0.478 e. The lowest BCUT2D eigenvalue weighted by molar-refractivity contribution is -0.131. The third-order valence-electron chi connectivity index (χ3n) is 1.63. The Morgan fingerprint density at radius 1 is 1.43 bits per heavy atom. The molecule has 0 spiro atoms. The van der Waals surface area contributed by atoms with Gasteiger partial charge >= 0.3 is 5.97 Å². The summed E-state index contributed by atoms with van der Waals surface area (Å²) >= 11 is 0. The van der Waals surface area contributed by atoms with Crippen LogP contribution in [-0.4, -0.2) is 11.1 Å². The Morgan fingerprint density at radius 3 is 2.79 bits per heavy atom. The zero-order valence-electron chi connectivity index (χ0n) is 7.21. The Balaban J connectivity index is 2.77. The first-order valence-electron chi connectivity index (χ1n) is 3.93. The smallest absolute Gasteiger partial charge is 0.327 e. The molecule has 0 fully saturated rings. The van der Waals surface area contributed by atoms with E-state index in [-0.39, 0.29) is 12.0 Å². The van der Waals surface area contributed by atoms with Gasteiger partial charge in [0.2, 0.25) is 0 Å². The molecule has 0 aliphatic carbocycles. The number of halogens is 2. The monoisotopic (exact) mass is 198 g/mol. The predicted octanol–water partition coefficient (Wildman–Crippen LogP) is 2.15. The Hall–Kier alpha value is -1.71. The first-order valence-corrected chi connectivity index (χ1v) is 3.93. The molecule has 0 aliphatic heterocycles. The summed E-state index contributed by atoms with van der Waals surface area (Å²) in [5, 5.41) is 8.26. The molecule has 2 nitrogen and oxygen atoms in total. The molecule has 74 valence electrons. The number of carboxylic acids is 1. The minimum Gasteiger partial charge on any atom is -0.478 e. The van der Waals surface area contributed by atoms with E-state index in [1.807, 2.05) is 0 Å². The SMILES string of the molecule is O=C(O)/C=C/Cc1cccc(F)c1F. The van der Waals surface area contributed by atoms with E-state index in [9.17, 15) is 13.6 Å². The molecular formula is C10H8F2O2. The van der Waals surface area contributed by atoms with E-state index in [4.69, 9.17) is 5.11 Å². The molecule has 1 rings (SSSR count). The molecule has 1 aromatic carbocycles. The Labute approximate surface area is 79.5 Å². The highest BCUT2D eigenvalue weighted by atomic mass is 19.2. The lowest BCUT2D eigenvalue weighted by atomic mass is 10.1. The van der Waals surface area contributed by atoms with Crippen molar-refractivity contribution in [3.8, 4) is 0 Å². The zero-order chi connectivity index (χ0) is 10.6. The molecule has 0 unspecified atom stereocenters. The second-order valence-corrected chi connectivity index (χ2v) is 2.66. The molecule has 0 saturated carbocycles. The molecule has 0 radical (unpaired) electrons. The summed E-state index contributed by atoms with van der Waals surface area (Å²) in [7, 11) is 0. The van der Waals surface area contributed by atoms with Crippen molar-refractivity contribution in [1.82, 2.24) is 0 Å². The van der Waals surface area contributed by atoms with Gasteiger partial charge in [0, 0.05) is 6.08 Å². The van der Waals surface area contributed by atoms with Gasteiger partial charge in [-0.05, 0) is 18.1 Å². The van der Waals surface area contributed by atoms with Crippen molar-refractivity contribution in [2.24, 2.45) is 0 Å². The fourth-order valence-electron chi connectivity index (χ4n) is 0.993. The molecule has 0 heterocycles. The molecule has 4 heteroatoms. The van der Waals surface area contributed by atoms with E-state index >= 15 is 0 Å². The standard InChI is InChI=1S/C10H8F2O2/c11-8-5-1-3-7(10(8)12)4-2-6-9(13)14/h1-3,5-6H,4H2,(H,13,14)/b6-2+. The third-order valence-corrected chi connectivity index (χ3v) is 1.63. The van der Waals surface area contributed by atoms with Gasteiger partial charge in [-0.1, -0.05) is 18.2 Å². The highest BCUT2D eigenvalue weighted by Crippen LogP contribution is 2.11. The van der Waals surface area contributed by atoms with Crippen LogP contribution in [0.25, 0.3) is 0 Å². The van der Waals surface area contributed by atoms with Gasteiger partial charge in [0.05, 0.1) is 0 Å². The third kappa shape index (κ3) is 2.65. The van der Waals surface area contributed by atoms with E-state index in [2.05, 4.69) is 0 Å². The van der Waals surface area contributed by atoms with Crippen molar-refractivity contribution >= 4 is 5.97 Å². The fourth-order valence-corrected chi connectivity index (χ4v) is 0.993. The summed E-state index contributed by atoms with van der Waals surface area (Å²) in [6.07, 6.45) is 2.22. The Morgan fingerprint density at radius 2 is 2.14 bits per heavy atom. The van der Waals surface area contributed by atoms with Crippen LogP contribution < -0.4 is 0 Å². The first-order chi connectivity index (χ1) is 6.61. The molecular weight excluding hydrogens is 190 g/mol. The molecule has 0 atom stereocenters. The summed E-state index contributed by atoms with van der Waals surface area (Å²) in [5.41, 5.74) is 0.141. The van der Waals surface area contributed by atoms with Crippen LogP contribution in [0.1, 0.15) is 5.56 Å². The number of benzene rings is 1. The van der Waals surface area contributed by atoms with Crippen molar-refractivity contribution in [2.75, 3.05) is 0 Å². The van der Waals surface area contributed by atoms with Crippen LogP contribution in [-0.2, 0) is 11.2 Å². The predicted molar refractivity (Wildman–Crippen MR) is 46.8 cm³/mol. The zero-order valence-corrected chi connectivity index (χ0v) is 7.21. The number of hydrogen-bond donors (Lipinski definition) is 1. The topological polar surface area (TPSA) is 37.3 Å². The second-order valence-electron chi connectivity index (χ2n) is 2.66. The van der Waals surface area contributed by atoms with Gasteiger partial charge < -0.3 is 5.11 Å². The second kappa shape index (κ2) is 4.50. The van der Waals surface area contributed by atoms with E-state index < -0.39 is 17.6 Å². The van der Waals surface area contributed by atoms with Crippen LogP contribution in [0.15, 0.2) is 30.4 Å². The highest BCUT2D eigenvalue weighted by molar-refractivity contribution is 5.79. The molecule has 0 aromatic heterocycles. The molecule has 0 bridgehead atoms. The minimum absolute atomic E-state index is 0.0654. The van der Waals surface area contributed by atoms with Crippen LogP contribution in [0.4, 0.5) is 8.78 Å². The summed E-state index contributed by atoms with van der Waals surface area (Å²) in [4.78, 5) is 10.1. The van der Waals surface area contributed by atoms with Crippen LogP contribution in [0.5, 0.6) is 0 Å². The lowest BCUT2D eigenvalue weighted by Crippen LogP contribution is -1.93. The van der Waals surface area contributed by atoms with E-state index in [0.717, 1.165) is 12.1 Å².